The molecule has 0 radical (unpaired) electrons. The summed E-state index contributed by atoms with van der Waals surface area (Å²) in [6, 6.07) is 12.0. The molecule has 2 unspecified atom stereocenters. The van der Waals surface area contributed by atoms with Crippen molar-refractivity contribution in [1.29, 1.82) is 0 Å². The van der Waals surface area contributed by atoms with E-state index in [1.807, 2.05) is 116 Å². The van der Waals surface area contributed by atoms with Gasteiger partial charge in [-0.3, -0.25) is 38.4 Å². The van der Waals surface area contributed by atoms with E-state index in [0.29, 0.717) is 19.3 Å². The van der Waals surface area contributed by atoms with Crippen LogP contribution in [0.3, 0.4) is 0 Å². The second kappa shape index (κ2) is 27.5. The molecule has 20 heteroatoms. The summed E-state index contributed by atoms with van der Waals surface area (Å²) in [5.74, 6) is -3.99. The minimum atomic E-state index is -0.977. The van der Waals surface area contributed by atoms with Gasteiger partial charge in [0.15, 0.2) is 0 Å². The molecule has 412 valence electrons. The number of rotatable bonds is 18. The largest absolute Gasteiger partial charge is 0.351 e. The molecule has 2 aromatic carbocycles. The number of likely N-dealkylation sites (tertiary alicyclic amines) is 2. The molecule has 5 rings (SSSR count). The Balaban J connectivity index is 0.00000722. The van der Waals surface area contributed by atoms with Gasteiger partial charge < -0.3 is 52.3 Å². The Morgan fingerprint density at radius 1 is 0.500 bits per heavy atom. The Hall–Kier alpha value is -5.30. The van der Waals surface area contributed by atoms with Crippen molar-refractivity contribution in [3.8, 4) is 0 Å². The van der Waals surface area contributed by atoms with Crippen LogP contribution in [0.2, 0.25) is 0 Å². The first-order chi connectivity index (χ1) is 33.8. The molecule has 0 aromatic heterocycles. The number of benzene rings is 2. The Labute approximate surface area is 450 Å². The van der Waals surface area contributed by atoms with Crippen LogP contribution in [0, 0.1) is 22.7 Å². The van der Waals surface area contributed by atoms with E-state index in [2.05, 4.69) is 42.5 Å². The molecule has 8 N–H and O–H groups in total. The number of halogens is 2. The minimum Gasteiger partial charge on any atom is -0.351 e. The van der Waals surface area contributed by atoms with Crippen molar-refractivity contribution < 1.29 is 38.4 Å². The fraction of sp³-hybridized carbons (Fsp3) is 0.630. The van der Waals surface area contributed by atoms with Crippen LogP contribution in [0.5, 0.6) is 0 Å². The lowest BCUT2D eigenvalue weighted by atomic mass is 9.80. The summed E-state index contributed by atoms with van der Waals surface area (Å²) in [5, 5.41) is 24.0. The van der Waals surface area contributed by atoms with Crippen molar-refractivity contribution in [3.63, 3.8) is 0 Å². The monoisotopic (exact) mass is 1070 g/mol. The predicted octanol–water partition coefficient (Wildman–Crippen LogP) is 3.84. The lowest BCUT2D eigenvalue weighted by Gasteiger charge is -2.36. The first-order valence-electron chi connectivity index (χ1n) is 25.7. The predicted molar refractivity (Wildman–Crippen MR) is 290 cm³/mol. The topological polar surface area (TPSA) is 239 Å². The minimum absolute atomic E-state index is 0. The summed E-state index contributed by atoms with van der Waals surface area (Å²) in [7, 11) is 3.31. The van der Waals surface area contributed by atoms with Crippen molar-refractivity contribution in [2.75, 3.05) is 27.2 Å². The third kappa shape index (κ3) is 16.3. The molecule has 2 saturated heterocycles. The van der Waals surface area contributed by atoms with E-state index in [-0.39, 0.29) is 105 Å². The summed E-state index contributed by atoms with van der Waals surface area (Å²) in [5.41, 5.74) is 0.316. The Morgan fingerprint density at radius 3 is 1.15 bits per heavy atom. The van der Waals surface area contributed by atoms with Crippen molar-refractivity contribution in [2.24, 2.45) is 22.7 Å². The quantitative estimate of drug-likeness (QED) is 0.107. The molecular weight excluding hydrogens is 988 g/mol. The van der Waals surface area contributed by atoms with Gasteiger partial charge in [0.25, 0.3) is 0 Å². The van der Waals surface area contributed by atoms with Gasteiger partial charge in [0.1, 0.15) is 24.2 Å². The van der Waals surface area contributed by atoms with Crippen LogP contribution in [0.1, 0.15) is 131 Å². The molecule has 0 spiro atoms. The molecule has 2 aromatic rings. The Morgan fingerprint density at radius 2 is 0.838 bits per heavy atom. The van der Waals surface area contributed by atoms with Crippen LogP contribution >= 0.6 is 24.8 Å². The SMILES string of the molecule is CN[C@@H](C)C(=O)N[C@H](C(=O)N1C[C@@H](NC(=O)C2CCCC(C(=O)N[C@H]3C[C@@H](C(=O)N[C@H](C)c4ccccc4)N(C(=O)[C@@H](NC(=O)[C@H](C)NC)C(C)(C)C)C3)C2)C[C@H]1C(=O)N[C@H](C)c1ccccc1)C(C)(C)C.Cl.Cl. The molecule has 3 aliphatic rings. The van der Waals surface area contributed by atoms with E-state index >= 15 is 0 Å². The number of nitrogens with zero attached hydrogens (tertiary/aromatic N) is 2. The molecule has 2 heterocycles. The molecule has 8 amide bonds. The maximum Gasteiger partial charge on any atom is 0.246 e. The highest BCUT2D eigenvalue weighted by atomic mass is 35.5. The summed E-state index contributed by atoms with van der Waals surface area (Å²) < 4.78 is 0. The lowest BCUT2D eigenvalue weighted by Crippen LogP contribution is -2.59. The van der Waals surface area contributed by atoms with Crippen molar-refractivity contribution in [1.82, 2.24) is 52.3 Å². The first-order valence-corrected chi connectivity index (χ1v) is 25.7. The van der Waals surface area contributed by atoms with E-state index < -0.39 is 82.8 Å². The number of hydrogen-bond acceptors (Lipinski definition) is 10. The number of amides is 8. The van der Waals surface area contributed by atoms with E-state index in [4.69, 9.17) is 0 Å². The molecular formula is C54H84Cl2N10O8. The van der Waals surface area contributed by atoms with Crippen LogP contribution in [-0.2, 0) is 38.4 Å². The van der Waals surface area contributed by atoms with Gasteiger partial charge >= 0.3 is 0 Å². The smallest absolute Gasteiger partial charge is 0.246 e. The van der Waals surface area contributed by atoms with Crippen LogP contribution in [0.15, 0.2) is 60.7 Å². The van der Waals surface area contributed by atoms with Gasteiger partial charge in [0, 0.05) is 37.0 Å². The zero-order valence-electron chi connectivity index (χ0n) is 45.3. The number of likely N-dealkylation sites (N-methyl/N-ethyl adjacent to an activating group) is 2. The first kappa shape index (κ1) is 63.0. The zero-order valence-corrected chi connectivity index (χ0v) is 47.0. The van der Waals surface area contributed by atoms with Crippen molar-refractivity contribution >= 4 is 72.1 Å². The standard InChI is InChI=1S/C54H82N10O8.2ClH/c1-31(35-20-15-13-16-21-35)57-49(69)41-27-39(29-63(41)51(71)43(53(5,6)7)61-45(65)33(3)55-11)59-47(67)37-24-19-25-38(26-37)48(68)60-40-28-42(50(70)58-32(2)36-22-17-14-18-23-36)64(30-40)52(72)44(54(8,9)10)62-46(66)34(4)56-12;;/h13-18,20-23,31-34,37-44,55-56H,19,24-30H2,1-12H3,(H,57,69)(H,58,70)(H,59,67)(H,60,68)(H,61,65)(H,62,66);2*1H/t31-,32-,33+,34+,37?,38?,39+,40+,41+,42+,43-,44-;;/m1../s1. The fourth-order valence-electron chi connectivity index (χ4n) is 9.86. The second-order valence-electron chi connectivity index (χ2n) is 22.4. The number of hydrogen-bond donors (Lipinski definition) is 8. The van der Waals surface area contributed by atoms with Crippen LogP contribution in [0.4, 0.5) is 0 Å². The maximum absolute atomic E-state index is 14.6. The highest BCUT2D eigenvalue weighted by Gasteiger charge is 2.48. The second-order valence-corrected chi connectivity index (χ2v) is 22.4. The maximum atomic E-state index is 14.6. The van der Waals surface area contributed by atoms with Crippen molar-refractivity contribution in [3.05, 3.63) is 71.8 Å². The van der Waals surface area contributed by atoms with Crippen molar-refractivity contribution in [2.45, 2.75) is 168 Å². The fourth-order valence-corrected chi connectivity index (χ4v) is 9.86. The highest BCUT2D eigenvalue weighted by Crippen LogP contribution is 2.33. The van der Waals surface area contributed by atoms with Crippen LogP contribution < -0.4 is 42.5 Å². The van der Waals surface area contributed by atoms with Gasteiger partial charge in [-0.15, -0.1) is 24.8 Å². The van der Waals surface area contributed by atoms with Gasteiger partial charge in [-0.25, -0.2) is 0 Å². The van der Waals surface area contributed by atoms with E-state index in [1.54, 1.807) is 27.9 Å². The molecule has 0 bridgehead atoms. The Kier molecular flexibility index (Phi) is 23.4. The Bertz CT molecular complexity index is 2090. The summed E-state index contributed by atoms with van der Waals surface area (Å²) in [6.45, 7) is 18.3. The normalized spacial score (nSPS) is 23.2. The summed E-state index contributed by atoms with van der Waals surface area (Å²) >= 11 is 0. The van der Waals surface area contributed by atoms with Crippen LogP contribution in [-0.4, -0.2) is 133 Å². The number of carbonyl (C=O) groups excluding carboxylic acids is 8. The number of nitrogens with one attached hydrogen (secondary N) is 8. The molecule has 3 fully saturated rings. The van der Waals surface area contributed by atoms with Gasteiger partial charge in [-0.05, 0) is 95.9 Å². The van der Waals surface area contributed by atoms with Gasteiger partial charge in [-0.2, -0.15) is 0 Å². The average molecular weight is 1070 g/mol. The lowest BCUT2D eigenvalue weighted by molar-refractivity contribution is -0.144. The molecule has 12 atom stereocenters. The van der Waals surface area contributed by atoms with Crippen LogP contribution in [0.25, 0.3) is 0 Å². The number of carbonyl (C=O) groups is 8. The molecule has 1 saturated carbocycles. The molecule has 1 aliphatic carbocycles. The van der Waals surface area contributed by atoms with E-state index in [9.17, 15) is 38.4 Å². The van der Waals surface area contributed by atoms with Gasteiger partial charge in [-0.1, -0.05) is 109 Å². The summed E-state index contributed by atoms with van der Waals surface area (Å²) in [6.07, 6.45) is 2.20. The van der Waals surface area contributed by atoms with E-state index in [0.717, 1.165) is 11.1 Å². The van der Waals surface area contributed by atoms with E-state index in [1.165, 1.54) is 9.80 Å². The molecule has 18 nitrogen and oxygen atoms in total. The molecule has 74 heavy (non-hydrogen) atoms. The molecule has 2 aliphatic heterocycles. The third-order valence-electron chi connectivity index (χ3n) is 14.7. The third-order valence-corrected chi connectivity index (χ3v) is 14.7. The summed E-state index contributed by atoms with van der Waals surface area (Å²) in [4.78, 5) is 115. The highest BCUT2D eigenvalue weighted by molar-refractivity contribution is 5.96. The average Bonchev–Trinajstić information content (AvgIpc) is 3.98. The van der Waals surface area contributed by atoms with Gasteiger partial charge in [0.2, 0.25) is 47.3 Å². The zero-order chi connectivity index (χ0) is 53.2. The van der Waals surface area contributed by atoms with Gasteiger partial charge in [0.05, 0.1) is 24.2 Å².